The lowest BCUT2D eigenvalue weighted by atomic mass is 9.65. The van der Waals surface area contributed by atoms with Crippen LogP contribution in [0.4, 0.5) is 5.69 Å². The number of anilines is 1. The summed E-state index contributed by atoms with van der Waals surface area (Å²) in [5, 5.41) is 16.7. The van der Waals surface area contributed by atoms with Crippen LogP contribution in [0.1, 0.15) is 30.4 Å². The molecule has 2 heterocycles. The summed E-state index contributed by atoms with van der Waals surface area (Å²) in [4.78, 5) is 4.83. The molecule has 5 nitrogen and oxygen atoms in total. The fourth-order valence-electron chi connectivity index (χ4n) is 4.64. The van der Waals surface area contributed by atoms with Crippen molar-refractivity contribution < 1.29 is 0 Å². The van der Waals surface area contributed by atoms with Crippen molar-refractivity contribution in [2.75, 3.05) is 51.6 Å². The maximum atomic E-state index is 9.46. The van der Waals surface area contributed by atoms with Crippen molar-refractivity contribution in [1.82, 2.24) is 15.1 Å². The minimum absolute atomic E-state index is 0.562. The van der Waals surface area contributed by atoms with E-state index in [0.29, 0.717) is 11.5 Å². The predicted octanol–water partition coefficient (Wildman–Crippen LogP) is 1.86. The van der Waals surface area contributed by atoms with Crippen molar-refractivity contribution in [2.45, 2.75) is 31.8 Å². The number of likely N-dealkylation sites (N-methyl/N-ethyl adjacent to an activating group) is 1. The molecule has 134 valence electrons. The fraction of sp³-hybridized carbons (Fsp3) is 0.650. The molecule has 0 unspecified atom stereocenters. The summed E-state index contributed by atoms with van der Waals surface area (Å²) in [5.74, 6) is 0. The number of nitrogens with one attached hydrogen (secondary N) is 2. The smallest absolute Gasteiger partial charge is 0.0995 e. The van der Waals surface area contributed by atoms with Crippen LogP contribution in [0, 0.1) is 16.7 Å². The standard InChI is InChI=1S/C20H29N5/c1-24-6-8-25(9-7-24)14-17-10-18(3-2-16(17)13-21)23-19-11-20(12-19)4-5-22-15-20/h2-3,10,19,22-23H,4-9,11-12,14-15H2,1H3. The van der Waals surface area contributed by atoms with Gasteiger partial charge in [0.1, 0.15) is 0 Å². The Labute approximate surface area is 151 Å². The first-order chi connectivity index (χ1) is 12.2. The number of hydrogen-bond acceptors (Lipinski definition) is 5. The molecule has 1 aliphatic carbocycles. The van der Waals surface area contributed by atoms with Crippen LogP contribution in [0.2, 0.25) is 0 Å². The van der Waals surface area contributed by atoms with Crippen molar-refractivity contribution >= 4 is 5.69 Å². The first-order valence-corrected chi connectivity index (χ1v) is 9.57. The second-order valence-electron chi connectivity index (χ2n) is 8.24. The topological polar surface area (TPSA) is 54.3 Å². The first-order valence-electron chi connectivity index (χ1n) is 9.57. The highest BCUT2D eigenvalue weighted by molar-refractivity contribution is 5.53. The molecule has 3 aliphatic rings. The average molecular weight is 339 g/mol. The number of hydrogen-bond donors (Lipinski definition) is 2. The van der Waals surface area contributed by atoms with Crippen LogP contribution in [0.25, 0.3) is 0 Å². The van der Waals surface area contributed by atoms with Crippen molar-refractivity contribution in [3.05, 3.63) is 29.3 Å². The molecule has 2 N–H and O–H groups in total. The lowest BCUT2D eigenvalue weighted by molar-refractivity contribution is 0.142. The van der Waals surface area contributed by atoms with Crippen LogP contribution < -0.4 is 10.6 Å². The van der Waals surface area contributed by atoms with Crippen LogP contribution in [-0.2, 0) is 6.54 Å². The third kappa shape index (κ3) is 3.67. The number of piperazine rings is 1. The number of rotatable bonds is 4. The Balaban J connectivity index is 1.39. The monoisotopic (exact) mass is 339 g/mol. The maximum absolute atomic E-state index is 9.46. The molecule has 3 fully saturated rings. The Morgan fingerprint density at radius 2 is 2.08 bits per heavy atom. The zero-order chi connectivity index (χ0) is 17.3. The summed E-state index contributed by atoms with van der Waals surface area (Å²) in [7, 11) is 2.17. The summed E-state index contributed by atoms with van der Waals surface area (Å²) in [6, 6.07) is 9.22. The van der Waals surface area contributed by atoms with Gasteiger partial charge in [0.25, 0.3) is 0 Å². The van der Waals surface area contributed by atoms with Gasteiger partial charge in [0, 0.05) is 51.0 Å². The number of benzene rings is 1. The zero-order valence-corrected chi connectivity index (χ0v) is 15.2. The Bertz CT molecular complexity index is 643. The van der Waals surface area contributed by atoms with Crippen LogP contribution in [0.3, 0.4) is 0 Å². The minimum Gasteiger partial charge on any atom is -0.382 e. The molecule has 0 bridgehead atoms. The molecule has 25 heavy (non-hydrogen) atoms. The largest absolute Gasteiger partial charge is 0.382 e. The van der Waals surface area contributed by atoms with Gasteiger partial charge in [-0.25, -0.2) is 0 Å². The molecule has 4 rings (SSSR count). The summed E-state index contributed by atoms with van der Waals surface area (Å²) in [5.41, 5.74) is 3.71. The van der Waals surface area contributed by atoms with E-state index in [2.05, 4.69) is 45.7 Å². The second-order valence-corrected chi connectivity index (χ2v) is 8.24. The van der Waals surface area contributed by atoms with Gasteiger partial charge in [-0.05, 0) is 62.0 Å². The molecular weight excluding hydrogens is 310 g/mol. The summed E-state index contributed by atoms with van der Waals surface area (Å²) < 4.78 is 0. The molecule has 5 heteroatoms. The molecule has 0 radical (unpaired) electrons. The molecule has 0 aromatic heterocycles. The van der Waals surface area contributed by atoms with Crippen molar-refractivity contribution in [2.24, 2.45) is 5.41 Å². The zero-order valence-electron chi connectivity index (χ0n) is 15.2. The Kier molecular flexibility index (Phi) is 4.68. The van der Waals surface area contributed by atoms with Gasteiger partial charge in [-0.15, -0.1) is 0 Å². The van der Waals surface area contributed by atoms with E-state index in [9.17, 15) is 5.26 Å². The number of nitrogens with zero attached hydrogens (tertiary/aromatic N) is 3. The quantitative estimate of drug-likeness (QED) is 0.877. The average Bonchev–Trinajstić information content (AvgIpc) is 3.07. The lowest BCUT2D eigenvalue weighted by Crippen LogP contribution is -2.46. The third-order valence-corrected chi connectivity index (χ3v) is 6.28. The molecule has 2 aliphatic heterocycles. The van der Waals surface area contributed by atoms with E-state index in [-0.39, 0.29) is 0 Å². The first kappa shape index (κ1) is 16.8. The van der Waals surface area contributed by atoms with Crippen LogP contribution in [0.5, 0.6) is 0 Å². The molecular formula is C20H29N5. The summed E-state index contributed by atoms with van der Waals surface area (Å²) in [6.07, 6.45) is 3.87. The van der Waals surface area contributed by atoms with E-state index >= 15 is 0 Å². The van der Waals surface area contributed by atoms with E-state index in [1.807, 2.05) is 6.07 Å². The van der Waals surface area contributed by atoms with Crippen LogP contribution >= 0.6 is 0 Å². The lowest BCUT2D eigenvalue weighted by Gasteiger charge is -2.45. The molecule has 2 saturated heterocycles. The molecule has 1 spiro atoms. The van der Waals surface area contributed by atoms with Crippen LogP contribution in [0.15, 0.2) is 18.2 Å². The Hall–Kier alpha value is -1.61. The summed E-state index contributed by atoms with van der Waals surface area (Å²) in [6.45, 7) is 7.63. The summed E-state index contributed by atoms with van der Waals surface area (Å²) >= 11 is 0. The van der Waals surface area contributed by atoms with Gasteiger partial charge in [0.2, 0.25) is 0 Å². The fourth-order valence-corrected chi connectivity index (χ4v) is 4.64. The maximum Gasteiger partial charge on any atom is 0.0995 e. The van der Waals surface area contributed by atoms with Gasteiger partial charge in [0.15, 0.2) is 0 Å². The van der Waals surface area contributed by atoms with Gasteiger partial charge in [-0.1, -0.05) is 0 Å². The van der Waals surface area contributed by atoms with Crippen molar-refractivity contribution in [3.63, 3.8) is 0 Å². The molecule has 0 amide bonds. The van der Waals surface area contributed by atoms with E-state index in [1.54, 1.807) is 0 Å². The normalized spacial score (nSPS) is 30.2. The molecule has 1 aromatic rings. The Morgan fingerprint density at radius 3 is 2.76 bits per heavy atom. The minimum atomic E-state index is 0.562. The molecule has 1 saturated carbocycles. The van der Waals surface area contributed by atoms with E-state index in [4.69, 9.17) is 0 Å². The molecule has 0 atom stereocenters. The van der Waals surface area contributed by atoms with E-state index < -0.39 is 0 Å². The van der Waals surface area contributed by atoms with Gasteiger partial charge in [-0.3, -0.25) is 4.90 Å². The van der Waals surface area contributed by atoms with E-state index in [1.165, 1.54) is 38.0 Å². The highest BCUT2D eigenvalue weighted by atomic mass is 15.2. The van der Waals surface area contributed by atoms with Crippen LogP contribution in [-0.4, -0.2) is 62.2 Å². The Morgan fingerprint density at radius 1 is 1.28 bits per heavy atom. The van der Waals surface area contributed by atoms with Gasteiger partial charge < -0.3 is 15.5 Å². The van der Waals surface area contributed by atoms with E-state index in [0.717, 1.165) is 43.9 Å². The second kappa shape index (κ2) is 6.95. The molecule has 1 aromatic carbocycles. The SMILES string of the molecule is CN1CCN(Cc2cc(NC3CC4(CCNC4)C3)ccc2C#N)CC1. The predicted molar refractivity (Wildman–Crippen MR) is 100 cm³/mol. The van der Waals surface area contributed by atoms with Gasteiger partial charge >= 0.3 is 0 Å². The van der Waals surface area contributed by atoms with Crippen molar-refractivity contribution in [1.29, 1.82) is 5.26 Å². The highest BCUT2D eigenvalue weighted by Gasteiger charge is 2.45. The van der Waals surface area contributed by atoms with Gasteiger partial charge in [0.05, 0.1) is 11.6 Å². The van der Waals surface area contributed by atoms with Crippen molar-refractivity contribution in [3.8, 4) is 6.07 Å². The number of nitriles is 1. The third-order valence-electron chi connectivity index (χ3n) is 6.28. The highest BCUT2D eigenvalue weighted by Crippen LogP contribution is 2.46. The van der Waals surface area contributed by atoms with Gasteiger partial charge in [-0.2, -0.15) is 5.26 Å².